The zero-order valence-electron chi connectivity index (χ0n) is 15.5. The maximum atomic E-state index is 10.7. The van der Waals surface area contributed by atoms with Crippen molar-refractivity contribution in [1.82, 2.24) is 0 Å². The van der Waals surface area contributed by atoms with Crippen molar-refractivity contribution in [3.05, 3.63) is 34.4 Å². The van der Waals surface area contributed by atoms with Crippen molar-refractivity contribution in [1.29, 1.82) is 0 Å². The molecule has 2 aliphatic rings. The summed E-state index contributed by atoms with van der Waals surface area (Å²) >= 11 is 0. The van der Waals surface area contributed by atoms with E-state index in [2.05, 4.69) is 0 Å². The van der Waals surface area contributed by atoms with Crippen LogP contribution in [0.5, 0.6) is 5.75 Å². The van der Waals surface area contributed by atoms with Crippen molar-refractivity contribution in [3.63, 3.8) is 0 Å². The second-order valence-corrected chi connectivity index (χ2v) is 6.97. The minimum Gasteiger partial charge on any atom is -0.462 e. The van der Waals surface area contributed by atoms with E-state index in [0.29, 0.717) is 0 Å². The van der Waals surface area contributed by atoms with Gasteiger partial charge >= 0.3 is 0 Å². The van der Waals surface area contributed by atoms with Gasteiger partial charge in [0, 0.05) is 12.1 Å². The molecule has 2 heterocycles. The van der Waals surface area contributed by atoms with Crippen LogP contribution >= 0.6 is 0 Å². The van der Waals surface area contributed by atoms with Crippen LogP contribution in [0.25, 0.3) is 0 Å². The lowest BCUT2D eigenvalue weighted by Crippen LogP contribution is -2.61. The number of aliphatic hydroxyl groups excluding tert-OH is 6. The molecule has 0 saturated carbocycles. The fourth-order valence-electron chi connectivity index (χ4n) is 3.05. The second kappa shape index (κ2) is 9.47. The largest absolute Gasteiger partial charge is 0.462 e. The zero-order valence-corrected chi connectivity index (χ0v) is 15.5. The molecule has 0 aliphatic carbocycles. The molecule has 2 aliphatic heterocycles. The molecular formula is C17H23NO12. The molecule has 13 nitrogen and oxygen atoms in total. The third kappa shape index (κ3) is 4.85. The molecule has 2 saturated heterocycles. The van der Waals surface area contributed by atoms with Crippen molar-refractivity contribution < 1.29 is 54.5 Å². The van der Waals surface area contributed by atoms with E-state index in [-0.39, 0.29) is 18.0 Å². The molecule has 3 rings (SSSR count). The predicted octanol–water partition coefficient (Wildman–Crippen LogP) is -2.76. The monoisotopic (exact) mass is 433 g/mol. The Morgan fingerprint density at radius 1 is 0.933 bits per heavy atom. The third-order valence-electron chi connectivity index (χ3n) is 4.85. The lowest BCUT2D eigenvalue weighted by Gasteiger charge is -2.41. The van der Waals surface area contributed by atoms with Crippen LogP contribution in [0.4, 0.5) is 5.69 Å². The van der Waals surface area contributed by atoms with E-state index in [1.165, 1.54) is 24.3 Å². The highest BCUT2D eigenvalue weighted by atomic mass is 16.7. The van der Waals surface area contributed by atoms with Crippen LogP contribution in [0.2, 0.25) is 0 Å². The lowest BCUT2D eigenvalue weighted by atomic mass is 9.99. The van der Waals surface area contributed by atoms with Crippen LogP contribution in [-0.4, -0.2) is 104 Å². The van der Waals surface area contributed by atoms with E-state index in [0.717, 1.165) is 0 Å². The highest BCUT2D eigenvalue weighted by Crippen LogP contribution is 2.27. The van der Waals surface area contributed by atoms with Crippen LogP contribution in [-0.2, 0) is 14.2 Å². The summed E-state index contributed by atoms with van der Waals surface area (Å²) < 4.78 is 21.2. The number of hydrogen-bond donors (Lipinski definition) is 6. The summed E-state index contributed by atoms with van der Waals surface area (Å²) in [6.45, 7) is -0.709. The van der Waals surface area contributed by atoms with Gasteiger partial charge in [-0.25, -0.2) is 0 Å². The van der Waals surface area contributed by atoms with Crippen molar-refractivity contribution >= 4 is 5.69 Å². The molecule has 0 aromatic heterocycles. The molecule has 9 atom stereocenters. The number of ether oxygens (including phenoxy) is 4. The Bertz CT molecular complexity index is 717. The van der Waals surface area contributed by atoms with Crippen LogP contribution in [0.15, 0.2) is 24.3 Å². The maximum absolute atomic E-state index is 10.7. The summed E-state index contributed by atoms with van der Waals surface area (Å²) in [5, 5.41) is 70.0. The van der Waals surface area contributed by atoms with Gasteiger partial charge in [0.25, 0.3) is 5.69 Å². The summed E-state index contributed by atoms with van der Waals surface area (Å²) in [6, 6.07) is 4.90. The van der Waals surface area contributed by atoms with Crippen molar-refractivity contribution in [2.45, 2.75) is 55.3 Å². The van der Waals surface area contributed by atoms with Gasteiger partial charge in [-0.15, -0.1) is 0 Å². The third-order valence-corrected chi connectivity index (χ3v) is 4.85. The number of nitro benzene ring substituents is 1. The molecule has 1 aromatic rings. The fourth-order valence-corrected chi connectivity index (χ4v) is 3.05. The lowest BCUT2D eigenvalue weighted by molar-refractivity contribution is -0.384. The molecular weight excluding hydrogens is 410 g/mol. The zero-order chi connectivity index (χ0) is 22.0. The number of nitro groups is 1. The quantitative estimate of drug-likeness (QED) is 0.200. The van der Waals surface area contributed by atoms with Crippen LogP contribution < -0.4 is 4.74 Å². The highest BCUT2D eigenvalue weighted by molar-refractivity contribution is 5.36. The summed E-state index contributed by atoms with van der Waals surface area (Å²) in [7, 11) is 0. The Hall–Kier alpha value is -1.94. The average Bonchev–Trinajstić information content (AvgIpc) is 2.73. The first-order chi connectivity index (χ1) is 14.2. The number of non-ortho nitro benzene ring substituents is 1. The van der Waals surface area contributed by atoms with Gasteiger partial charge in [-0.05, 0) is 12.1 Å². The van der Waals surface area contributed by atoms with Crippen LogP contribution in [0.1, 0.15) is 0 Å². The molecule has 30 heavy (non-hydrogen) atoms. The topological polar surface area (TPSA) is 201 Å². The number of rotatable bonds is 6. The average molecular weight is 433 g/mol. The molecule has 0 unspecified atom stereocenters. The van der Waals surface area contributed by atoms with Gasteiger partial charge in [0.1, 0.15) is 48.5 Å². The summed E-state index contributed by atoms with van der Waals surface area (Å²) in [4.78, 5) is 10.1. The molecule has 6 N–H and O–H groups in total. The Morgan fingerprint density at radius 3 is 2.20 bits per heavy atom. The summed E-state index contributed by atoms with van der Waals surface area (Å²) in [5.74, 6) is 0.107. The van der Waals surface area contributed by atoms with E-state index >= 15 is 0 Å². The molecule has 0 spiro atoms. The molecule has 1 aromatic carbocycles. The Kier molecular flexibility index (Phi) is 7.18. The minimum absolute atomic E-state index is 0.107. The fraction of sp³-hybridized carbons (Fsp3) is 0.647. The van der Waals surface area contributed by atoms with Crippen molar-refractivity contribution in [3.8, 4) is 5.75 Å². The van der Waals surface area contributed by atoms with Crippen molar-refractivity contribution in [2.75, 3.05) is 13.2 Å². The van der Waals surface area contributed by atoms with E-state index < -0.39 is 66.8 Å². The van der Waals surface area contributed by atoms with Gasteiger partial charge in [0.15, 0.2) is 6.29 Å². The Balaban J connectivity index is 1.62. The van der Waals surface area contributed by atoms with Crippen LogP contribution in [0.3, 0.4) is 0 Å². The predicted molar refractivity (Wildman–Crippen MR) is 94.1 cm³/mol. The first kappa shape index (κ1) is 22.7. The van der Waals surface area contributed by atoms with E-state index in [1.807, 2.05) is 0 Å². The molecule has 13 heteroatoms. The van der Waals surface area contributed by atoms with Gasteiger partial charge < -0.3 is 49.6 Å². The number of aliphatic hydroxyl groups is 6. The number of benzene rings is 1. The normalized spacial score (nSPS) is 39.5. The molecule has 0 bridgehead atoms. The second-order valence-electron chi connectivity index (χ2n) is 6.97. The first-order valence-electron chi connectivity index (χ1n) is 9.07. The maximum Gasteiger partial charge on any atom is 0.269 e. The van der Waals surface area contributed by atoms with E-state index in [9.17, 15) is 40.8 Å². The minimum atomic E-state index is -1.67. The molecule has 168 valence electrons. The standard InChI is InChI=1S/C17H23NO12/c19-9-5-27-16(14(23)11(9)20)28-6-10-12(21)13(22)15(24)17(30-10)29-8-3-1-7(2-4-8)18(25)26/h1-4,9-17,19-24H,5-6H2/t9-,10-,11+,12-,13+,14-,15-,16+,17-/m1/s1. The van der Waals surface area contributed by atoms with Gasteiger partial charge in [0.2, 0.25) is 6.29 Å². The summed E-state index contributed by atoms with van der Waals surface area (Å²) in [6.07, 6.45) is -13.2. The summed E-state index contributed by atoms with van der Waals surface area (Å²) in [5.41, 5.74) is -0.174. The van der Waals surface area contributed by atoms with Gasteiger partial charge in [0.05, 0.1) is 18.1 Å². The van der Waals surface area contributed by atoms with Gasteiger partial charge in [-0.3, -0.25) is 10.1 Å². The Morgan fingerprint density at radius 2 is 1.57 bits per heavy atom. The van der Waals surface area contributed by atoms with Crippen LogP contribution in [0, 0.1) is 10.1 Å². The molecule has 0 amide bonds. The molecule has 0 radical (unpaired) electrons. The highest BCUT2D eigenvalue weighted by Gasteiger charge is 2.46. The van der Waals surface area contributed by atoms with Gasteiger partial charge in [-0.2, -0.15) is 0 Å². The SMILES string of the molecule is O=[N+]([O-])c1ccc(O[C@@H]2O[C@H](CO[C@@H]3OC[C@@H](O)[C@H](O)[C@H]3O)[C@@H](O)[C@H](O)[C@H]2O)cc1. The Labute approximate surface area is 169 Å². The molecule has 2 fully saturated rings. The van der Waals surface area contributed by atoms with Crippen molar-refractivity contribution in [2.24, 2.45) is 0 Å². The first-order valence-corrected chi connectivity index (χ1v) is 9.07. The van der Waals surface area contributed by atoms with E-state index in [4.69, 9.17) is 18.9 Å². The number of nitrogens with zero attached hydrogens (tertiary/aromatic N) is 1. The van der Waals surface area contributed by atoms with E-state index in [1.54, 1.807) is 0 Å². The smallest absolute Gasteiger partial charge is 0.269 e. The number of hydrogen-bond acceptors (Lipinski definition) is 12. The van der Waals surface area contributed by atoms with Gasteiger partial charge in [-0.1, -0.05) is 0 Å².